The van der Waals surface area contributed by atoms with E-state index in [1.54, 1.807) is 0 Å². The Balaban J connectivity index is 1.54. The molecule has 1 unspecified atom stereocenters. The molecule has 0 saturated carbocycles. The minimum Gasteiger partial charge on any atom is -0.493 e. The first kappa shape index (κ1) is 23.5. The van der Waals surface area contributed by atoms with E-state index in [1.807, 2.05) is 23.1 Å². The van der Waals surface area contributed by atoms with Crippen molar-refractivity contribution in [2.24, 2.45) is 0 Å². The Kier molecular flexibility index (Phi) is 6.09. The molecule has 3 heterocycles. The number of fused-ring (bicyclic) bond motifs is 6. The lowest BCUT2D eigenvalue weighted by Gasteiger charge is -2.55. The molecule has 3 atom stereocenters. The minimum atomic E-state index is -0.718. The largest absolute Gasteiger partial charge is 0.493 e. The highest BCUT2D eigenvalue weighted by atomic mass is 35.5. The molecule has 3 aliphatic rings. The van der Waals surface area contributed by atoms with Gasteiger partial charge in [-0.25, -0.2) is 0 Å². The van der Waals surface area contributed by atoms with Crippen molar-refractivity contribution < 1.29 is 28.6 Å². The number of ketones is 1. The van der Waals surface area contributed by atoms with Crippen molar-refractivity contribution >= 4 is 29.2 Å². The quantitative estimate of drug-likeness (QED) is 0.464. The summed E-state index contributed by atoms with van der Waals surface area (Å²) in [6.45, 7) is 0.552. The van der Waals surface area contributed by atoms with Crippen molar-refractivity contribution in [1.29, 1.82) is 0 Å². The van der Waals surface area contributed by atoms with Crippen molar-refractivity contribution in [3.05, 3.63) is 52.0 Å². The third kappa shape index (κ3) is 3.62. The van der Waals surface area contributed by atoms with Crippen LogP contribution in [0.2, 0.25) is 5.02 Å². The van der Waals surface area contributed by atoms with Crippen LogP contribution < -0.4 is 14.2 Å². The summed E-state index contributed by atoms with van der Waals surface area (Å²) in [5.74, 6) is -0.640. The summed E-state index contributed by atoms with van der Waals surface area (Å²) in [6, 6.07) is 7.35. The highest BCUT2D eigenvalue weighted by Crippen LogP contribution is 2.46. The fourth-order valence-corrected chi connectivity index (χ4v) is 6.11. The van der Waals surface area contributed by atoms with Crippen LogP contribution >= 0.6 is 11.6 Å². The van der Waals surface area contributed by atoms with Crippen LogP contribution in [0.3, 0.4) is 0 Å². The molecule has 8 nitrogen and oxygen atoms in total. The van der Waals surface area contributed by atoms with Gasteiger partial charge in [0.05, 0.1) is 33.4 Å². The molecule has 2 bridgehead atoms. The number of Topliss-reactive ketones (excluding diaryl/α,β-unsaturated/α-hetero) is 1. The van der Waals surface area contributed by atoms with Crippen LogP contribution in [-0.2, 0) is 16.0 Å². The van der Waals surface area contributed by atoms with Gasteiger partial charge in [0.25, 0.3) is 11.7 Å². The Hall–Kier alpha value is -3.26. The first-order chi connectivity index (χ1) is 16.9. The van der Waals surface area contributed by atoms with Gasteiger partial charge in [0, 0.05) is 17.1 Å². The number of carbonyl (C=O) groups is 3. The number of halogens is 1. The van der Waals surface area contributed by atoms with Gasteiger partial charge in [-0.2, -0.15) is 0 Å². The molecule has 2 aromatic carbocycles. The smallest absolute Gasteiger partial charge is 0.295 e. The molecule has 9 heteroatoms. The Morgan fingerprint density at radius 3 is 2.40 bits per heavy atom. The second kappa shape index (κ2) is 9.07. The van der Waals surface area contributed by atoms with Crippen LogP contribution in [0.5, 0.6) is 17.2 Å². The SMILES string of the molecule is COc1cc(C(=O)C(=O)N2[C@@H]3CCC[C@H]2C(=O)N2CCc4c(Cl)cccc4C32)cc(OC)c1OC. The van der Waals surface area contributed by atoms with Gasteiger partial charge in [0.15, 0.2) is 11.5 Å². The Bertz CT molecular complexity index is 1190. The van der Waals surface area contributed by atoms with E-state index < -0.39 is 17.7 Å². The summed E-state index contributed by atoms with van der Waals surface area (Å²) in [5, 5.41) is 0.666. The molecule has 0 spiro atoms. The van der Waals surface area contributed by atoms with Crippen molar-refractivity contribution in [3.8, 4) is 17.2 Å². The monoisotopic (exact) mass is 498 g/mol. The predicted octanol–water partition coefficient (Wildman–Crippen LogP) is 3.44. The number of methoxy groups -OCH3 is 3. The zero-order chi connectivity index (χ0) is 24.9. The molecule has 3 aliphatic heterocycles. The summed E-state index contributed by atoms with van der Waals surface area (Å²) >= 11 is 6.48. The number of piperazine rings is 1. The molecule has 2 saturated heterocycles. The van der Waals surface area contributed by atoms with Crippen LogP contribution in [0.4, 0.5) is 0 Å². The van der Waals surface area contributed by atoms with Crippen LogP contribution in [0.15, 0.2) is 30.3 Å². The van der Waals surface area contributed by atoms with E-state index in [-0.39, 0.29) is 35.1 Å². The van der Waals surface area contributed by atoms with E-state index in [0.29, 0.717) is 36.6 Å². The van der Waals surface area contributed by atoms with Crippen LogP contribution in [0.1, 0.15) is 46.8 Å². The number of nitrogens with zero attached hydrogens (tertiary/aromatic N) is 2. The number of benzene rings is 2. The van der Waals surface area contributed by atoms with E-state index in [9.17, 15) is 14.4 Å². The predicted molar refractivity (Wildman–Crippen MR) is 128 cm³/mol. The van der Waals surface area contributed by atoms with Gasteiger partial charge < -0.3 is 24.0 Å². The maximum Gasteiger partial charge on any atom is 0.295 e. The van der Waals surface area contributed by atoms with E-state index in [4.69, 9.17) is 25.8 Å². The molecular formula is C26H27ClN2O6. The normalized spacial score (nSPS) is 22.7. The van der Waals surface area contributed by atoms with Crippen LogP contribution in [0, 0.1) is 0 Å². The van der Waals surface area contributed by atoms with Crippen molar-refractivity contribution in [2.45, 2.75) is 43.8 Å². The molecule has 2 amide bonds. The Morgan fingerprint density at radius 1 is 1.03 bits per heavy atom. The standard InChI is InChI=1S/C26H27ClN2O6/c1-33-20-12-14(13-21(34-2)24(20)35-3)23(30)26(32)29-18-8-5-9-19(29)25(31)28-11-10-15-16(22(18)28)6-4-7-17(15)27/h4,6-7,12-13,18-19,22H,5,8-11H2,1-3H3/t18-,19+,22?/m1/s1. The lowest BCUT2D eigenvalue weighted by atomic mass is 9.78. The van der Waals surface area contributed by atoms with Gasteiger partial charge in [0.1, 0.15) is 6.04 Å². The van der Waals surface area contributed by atoms with E-state index >= 15 is 0 Å². The first-order valence-electron chi connectivity index (χ1n) is 11.7. The third-order valence-corrected chi connectivity index (χ3v) is 7.73. The summed E-state index contributed by atoms with van der Waals surface area (Å²) in [6.07, 6.45) is 2.72. The number of ether oxygens (including phenoxy) is 3. The highest BCUT2D eigenvalue weighted by molar-refractivity contribution is 6.43. The molecule has 2 aromatic rings. The fraction of sp³-hybridized carbons (Fsp3) is 0.423. The van der Waals surface area contributed by atoms with Gasteiger partial charge in [-0.05, 0) is 55.0 Å². The molecule has 2 fully saturated rings. The van der Waals surface area contributed by atoms with Crippen LogP contribution in [0.25, 0.3) is 0 Å². The molecule has 5 rings (SSSR count). The zero-order valence-corrected chi connectivity index (χ0v) is 20.6. The molecule has 0 N–H and O–H groups in total. The number of hydrogen-bond donors (Lipinski definition) is 0. The molecule has 0 aromatic heterocycles. The van der Waals surface area contributed by atoms with Crippen molar-refractivity contribution in [2.75, 3.05) is 27.9 Å². The highest BCUT2D eigenvalue weighted by Gasteiger charge is 2.53. The second-order valence-electron chi connectivity index (χ2n) is 9.00. The lowest BCUT2D eigenvalue weighted by Crippen LogP contribution is -2.68. The summed E-state index contributed by atoms with van der Waals surface area (Å²) in [5.41, 5.74) is 2.08. The molecular weight excluding hydrogens is 472 g/mol. The molecule has 184 valence electrons. The van der Waals surface area contributed by atoms with E-state index in [1.165, 1.54) is 38.4 Å². The van der Waals surface area contributed by atoms with Gasteiger partial charge in [-0.3, -0.25) is 14.4 Å². The molecule has 0 radical (unpaired) electrons. The second-order valence-corrected chi connectivity index (χ2v) is 9.41. The van der Waals surface area contributed by atoms with Crippen molar-refractivity contribution in [3.63, 3.8) is 0 Å². The topological polar surface area (TPSA) is 85.4 Å². The average Bonchev–Trinajstić information content (AvgIpc) is 2.89. The Morgan fingerprint density at radius 2 is 1.74 bits per heavy atom. The number of carbonyl (C=O) groups excluding carboxylic acids is 3. The average molecular weight is 499 g/mol. The molecule has 0 aliphatic carbocycles. The molecule has 35 heavy (non-hydrogen) atoms. The maximum atomic E-state index is 13.7. The number of rotatable bonds is 5. The van der Waals surface area contributed by atoms with Gasteiger partial charge in [-0.15, -0.1) is 0 Å². The van der Waals surface area contributed by atoms with Crippen molar-refractivity contribution in [1.82, 2.24) is 9.80 Å². The van der Waals surface area contributed by atoms with Gasteiger partial charge in [-0.1, -0.05) is 23.7 Å². The fourth-order valence-electron chi connectivity index (χ4n) is 5.84. The minimum absolute atomic E-state index is 0.109. The first-order valence-corrected chi connectivity index (χ1v) is 12.0. The summed E-state index contributed by atoms with van der Waals surface area (Å²) < 4.78 is 16.0. The number of piperidine rings is 1. The zero-order valence-electron chi connectivity index (χ0n) is 19.9. The van der Waals surface area contributed by atoms with E-state index in [0.717, 1.165) is 17.5 Å². The van der Waals surface area contributed by atoms with E-state index in [2.05, 4.69) is 0 Å². The van der Waals surface area contributed by atoms with Gasteiger partial charge >= 0.3 is 0 Å². The summed E-state index contributed by atoms with van der Waals surface area (Å²) in [7, 11) is 4.36. The maximum absolute atomic E-state index is 13.7. The lowest BCUT2D eigenvalue weighted by molar-refractivity contribution is -0.164. The number of amides is 2. The van der Waals surface area contributed by atoms with Gasteiger partial charge in [0.2, 0.25) is 11.7 Å². The summed E-state index contributed by atoms with van der Waals surface area (Å²) in [4.78, 5) is 44.2. The third-order valence-electron chi connectivity index (χ3n) is 7.37. The number of hydrogen-bond acceptors (Lipinski definition) is 6. The Labute approximate surface area is 208 Å². The van der Waals surface area contributed by atoms with Crippen LogP contribution in [-0.4, -0.2) is 67.4 Å².